The molecule has 3 unspecified atom stereocenters. The fourth-order valence-electron chi connectivity index (χ4n) is 3.93. The molecule has 0 spiro atoms. The molecular formula is C26H40N7O4PS. The van der Waals surface area contributed by atoms with Crippen LogP contribution in [0.15, 0.2) is 36.5 Å². The van der Waals surface area contributed by atoms with Gasteiger partial charge < -0.3 is 28.9 Å². The molecule has 4 N–H and O–H groups in total. The summed E-state index contributed by atoms with van der Waals surface area (Å²) in [5.74, 6) is 1.57. The standard InChI is InChI=1S/C26H40N7O4PS/c1-8-19-9-11-20(12-10-19)37-38(30-26(3,4)17-34)36-16-21(35-6)15-18(2)33-14-13-22-23(32(5)31-39-7)28-25(27)29-24(22)33/h9-14,17-18,21,30-31H,8,15-16H2,1-7H3,(H2,27,28,29). The average Bonchev–Trinajstić information content (AvgIpc) is 3.34. The Hall–Kier alpha value is -2.47. The monoisotopic (exact) mass is 577 g/mol. The summed E-state index contributed by atoms with van der Waals surface area (Å²) in [5.41, 5.74) is 7.19. The number of ether oxygens (including phenoxy) is 1. The van der Waals surface area contributed by atoms with Crippen molar-refractivity contribution in [3.8, 4) is 5.75 Å². The Bertz CT molecular complexity index is 1210. The van der Waals surface area contributed by atoms with E-state index in [-0.39, 0.29) is 24.7 Å². The number of carbonyl (C=O) groups is 1. The van der Waals surface area contributed by atoms with Gasteiger partial charge in [0.25, 0.3) is 0 Å². The largest absolute Gasteiger partial charge is 0.436 e. The number of hydrogen-bond acceptors (Lipinski definition) is 11. The first-order valence-corrected chi connectivity index (χ1v) is 15.1. The Morgan fingerprint density at radius 1 is 1.26 bits per heavy atom. The highest BCUT2D eigenvalue weighted by molar-refractivity contribution is 7.96. The van der Waals surface area contributed by atoms with Crippen molar-refractivity contribution in [1.29, 1.82) is 0 Å². The number of aromatic nitrogens is 3. The molecule has 3 atom stereocenters. The highest BCUT2D eigenvalue weighted by Gasteiger charge is 2.27. The summed E-state index contributed by atoms with van der Waals surface area (Å²) in [7, 11) is 1.92. The van der Waals surface area contributed by atoms with Gasteiger partial charge in [-0.3, -0.25) is 5.01 Å². The molecule has 0 bridgehead atoms. The maximum absolute atomic E-state index is 11.6. The van der Waals surface area contributed by atoms with Gasteiger partial charge in [-0.05, 0) is 63.6 Å². The Morgan fingerprint density at radius 3 is 2.59 bits per heavy atom. The van der Waals surface area contributed by atoms with Gasteiger partial charge in [0.1, 0.15) is 17.7 Å². The number of fused-ring (bicyclic) bond motifs is 1. The molecule has 11 nitrogen and oxygen atoms in total. The topological polar surface area (TPSA) is 129 Å². The van der Waals surface area contributed by atoms with E-state index in [1.807, 2.05) is 54.8 Å². The predicted molar refractivity (Wildman–Crippen MR) is 160 cm³/mol. The Kier molecular flexibility index (Phi) is 11.3. The van der Waals surface area contributed by atoms with E-state index >= 15 is 0 Å². The summed E-state index contributed by atoms with van der Waals surface area (Å²) in [6.45, 7) is 8.02. The summed E-state index contributed by atoms with van der Waals surface area (Å²) < 4.78 is 20.1. The molecule has 2 heterocycles. The normalized spacial score (nSPS) is 14.2. The van der Waals surface area contributed by atoms with E-state index in [2.05, 4.69) is 38.3 Å². The van der Waals surface area contributed by atoms with E-state index in [9.17, 15) is 4.79 Å². The number of anilines is 2. The van der Waals surface area contributed by atoms with Gasteiger partial charge in [0.05, 0.1) is 23.6 Å². The lowest BCUT2D eigenvalue weighted by Crippen LogP contribution is -2.38. The predicted octanol–water partition coefficient (Wildman–Crippen LogP) is 4.65. The van der Waals surface area contributed by atoms with Crippen molar-refractivity contribution in [1.82, 2.24) is 24.5 Å². The minimum absolute atomic E-state index is 0.0186. The molecule has 0 radical (unpaired) electrons. The fourth-order valence-corrected chi connectivity index (χ4v) is 5.59. The number of aryl methyl sites for hydroxylation is 1. The number of rotatable bonds is 16. The fraction of sp³-hybridized carbons (Fsp3) is 0.500. The van der Waals surface area contributed by atoms with Crippen LogP contribution in [0.3, 0.4) is 0 Å². The molecule has 3 rings (SSSR count). The lowest BCUT2D eigenvalue weighted by Gasteiger charge is -2.28. The van der Waals surface area contributed by atoms with Crippen molar-refractivity contribution in [2.45, 2.75) is 58.2 Å². The number of nitrogens with zero attached hydrogens (tertiary/aromatic N) is 4. The maximum Gasteiger partial charge on any atom is 0.319 e. The summed E-state index contributed by atoms with van der Waals surface area (Å²) in [5, 5.41) is 5.89. The molecule has 0 amide bonds. The Labute approximate surface area is 236 Å². The van der Waals surface area contributed by atoms with Crippen LogP contribution in [0.2, 0.25) is 0 Å². The van der Waals surface area contributed by atoms with E-state index in [1.165, 1.54) is 17.5 Å². The molecule has 0 fully saturated rings. The number of hydrazine groups is 1. The first-order valence-electron chi connectivity index (χ1n) is 12.7. The molecular weight excluding hydrogens is 537 g/mol. The lowest BCUT2D eigenvalue weighted by atomic mass is 10.1. The van der Waals surface area contributed by atoms with Gasteiger partial charge in [-0.2, -0.15) is 14.8 Å². The van der Waals surface area contributed by atoms with E-state index < -0.39 is 14.1 Å². The molecule has 0 saturated carbocycles. The second kappa shape index (κ2) is 14.2. The Balaban J connectivity index is 1.73. The number of benzene rings is 1. The van der Waals surface area contributed by atoms with Crippen LogP contribution in [0.25, 0.3) is 11.0 Å². The molecule has 0 aliphatic heterocycles. The van der Waals surface area contributed by atoms with E-state index in [1.54, 1.807) is 21.0 Å². The van der Waals surface area contributed by atoms with Crippen LogP contribution >= 0.6 is 20.5 Å². The van der Waals surface area contributed by atoms with E-state index in [0.717, 1.165) is 23.7 Å². The molecule has 0 aliphatic rings. The molecule has 0 saturated heterocycles. The van der Waals surface area contributed by atoms with Gasteiger partial charge in [-0.25, -0.2) is 5.09 Å². The first-order chi connectivity index (χ1) is 18.6. The second-order valence-corrected chi connectivity index (χ2v) is 11.5. The minimum atomic E-state index is -1.62. The number of nitrogens with one attached hydrogen (secondary N) is 2. The smallest absolute Gasteiger partial charge is 0.319 e. The maximum atomic E-state index is 11.6. The van der Waals surface area contributed by atoms with Crippen molar-refractivity contribution in [3.05, 3.63) is 42.1 Å². The lowest BCUT2D eigenvalue weighted by molar-refractivity contribution is -0.111. The average molecular weight is 578 g/mol. The van der Waals surface area contributed by atoms with Crippen LogP contribution in [0.5, 0.6) is 5.75 Å². The van der Waals surface area contributed by atoms with Crippen LogP contribution in [0.4, 0.5) is 11.8 Å². The summed E-state index contributed by atoms with van der Waals surface area (Å²) in [4.78, 5) is 23.7. The quantitative estimate of drug-likeness (QED) is 0.0952. The molecule has 13 heteroatoms. The number of methoxy groups -OCH3 is 1. The Morgan fingerprint density at radius 2 is 1.97 bits per heavy atom. The number of hydrogen-bond donors (Lipinski definition) is 3. The van der Waals surface area contributed by atoms with Crippen LogP contribution in [-0.2, 0) is 20.5 Å². The van der Waals surface area contributed by atoms with Crippen LogP contribution in [-0.4, -0.2) is 59.5 Å². The highest BCUT2D eigenvalue weighted by atomic mass is 32.2. The van der Waals surface area contributed by atoms with Gasteiger partial charge in [0.2, 0.25) is 5.95 Å². The van der Waals surface area contributed by atoms with Crippen LogP contribution < -0.4 is 25.2 Å². The van der Waals surface area contributed by atoms with Gasteiger partial charge in [-0.1, -0.05) is 31.0 Å². The van der Waals surface area contributed by atoms with Gasteiger partial charge >= 0.3 is 8.53 Å². The zero-order chi connectivity index (χ0) is 28.6. The minimum Gasteiger partial charge on any atom is -0.436 e. The second-order valence-electron chi connectivity index (χ2n) is 9.76. The van der Waals surface area contributed by atoms with Crippen molar-refractivity contribution in [3.63, 3.8) is 0 Å². The van der Waals surface area contributed by atoms with Crippen molar-refractivity contribution < 1.29 is 18.6 Å². The van der Waals surface area contributed by atoms with Crippen molar-refractivity contribution >= 4 is 49.6 Å². The first kappa shape index (κ1) is 31.1. The number of carbonyl (C=O) groups excluding carboxylic acids is 1. The third kappa shape index (κ3) is 8.51. The van der Waals surface area contributed by atoms with Crippen LogP contribution in [0, 0.1) is 0 Å². The van der Waals surface area contributed by atoms with E-state index in [4.69, 9.17) is 19.5 Å². The SMILES string of the molecule is CCc1ccc(OP(NC(C)(C)C=O)OCC(CC(C)n2ccc3c(N(C)NSC)nc(N)nc32)OC)cc1. The summed E-state index contributed by atoms with van der Waals surface area (Å²) in [6, 6.07) is 9.86. The zero-order valence-electron chi connectivity index (χ0n) is 23.7. The third-order valence-corrected chi connectivity index (χ3v) is 8.07. The summed E-state index contributed by atoms with van der Waals surface area (Å²) >= 11 is 1.46. The number of nitrogens with two attached hydrogens (primary N) is 1. The molecule has 2 aromatic heterocycles. The molecule has 39 heavy (non-hydrogen) atoms. The van der Waals surface area contributed by atoms with Gasteiger partial charge in [0, 0.05) is 26.4 Å². The van der Waals surface area contributed by atoms with Crippen molar-refractivity contribution in [2.75, 3.05) is 37.8 Å². The number of aldehydes is 1. The number of nitrogen functional groups attached to an aromatic ring is 1. The highest BCUT2D eigenvalue weighted by Crippen LogP contribution is 2.38. The molecule has 1 aromatic carbocycles. The van der Waals surface area contributed by atoms with E-state index in [0.29, 0.717) is 18.0 Å². The van der Waals surface area contributed by atoms with Crippen LogP contribution in [0.1, 0.15) is 45.7 Å². The van der Waals surface area contributed by atoms with Gasteiger partial charge in [-0.15, -0.1) is 0 Å². The molecule has 0 aliphatic carbocycles. The van der Waals surface area contributed by atoms with Crippen molar-refractivity contribution in [2.24, 2.45) is 0 Å². The third-order valence-electron chi connectivity index (χ3n) is 6.10. The zero-order valence-corrected chi connectivity index (χ0v) is 25.4. The molecule has 214 valence electrons. The summed E-state index contributed by atoms with van der Waals surface area (Å²) in [6.07, 6.45) is 6.11. The molecule has 3 aromatic rings. The van der Waals surface area contributed by atoms with Gasteiger partial charge in [0.15, 0.2) is 5.82 Å².